The predicted octanol–water partition coefficient (Wildman–Crippen LogP) is 8.99. The summed E-state index contributed by atoms with van der Waals surface area (Å²) in [5, 5.41) is 0. The second kappa shape index (κ2) is 59.1. The quantitative estimate of drug-likeness (QED) is 0.0542. The van der Waals surface area contributed by atoms with E-state index < -0.39 is 166 Å². The monoisotopic (exact) mass is 1550 g/mol. The molecular formula is C83H121N27. The van der Waals surface area contributed by atoms with Gasteiger partial charge in [0.05, 0.1) is 91.9 Å². The summed E-state index contributed by atoms with van der Waals surface area (Å²) >= 11 is 0. The molecule has 0 fully saturated rings. The van der Waals surface area contributed by atoms with Gasteiger partial charge in [0, 0.05) is 191 Å². The van der Waals surface area contributed by atoms with E-state index in [4.69, 9.17) is 141 Å². The zero-order valence-electron chi connectivity index (χ0n) is 113. The van der Waals surface area contributed by atoms with E-state index in [1.807, 2.05) is 13.8 Å². The minimum atomic E-state index is -2.59. The number of rotatable bonds is 12. The topological polar surface area (TPSA) is 506 Å². The number of nitrogens with zero attached hydrogens (tertiary/aromatic N) is 15. The maximum absolute atomic E-state index is 7.60. The molecule has 27 nitrogen and oxygen atoms in total. The van der Waals surface area contributed by atoms with Gasteiger partial charge in [0.1, 0.15) is 23.3 Å². The van der Waals surface area contributed by atoms with E-state index in [0.29, 0.717) is 30.0 Å². The van der Waals surface area contributed by atoms with Crippen LogP contribution in [0.15, 0.2) is 189 Å². The first-order valence-electron chi connectivity index (χ1n) is 57.5. The zero-order valence-corrected chi connectivity index (χ0v) is 60.4. The molecule has 0 aliphatic carbocycles. The van der Waals surface area contributed by atoms with Crippen molar-refractivity contribution in [3.05, 3.63) is 336 Å². The molecular weight excluding hydrogens is 1380 g/mol. The molecule has 0 aliphatic heterocycles. The lowest BCUT2D eigenvalue weighted by molar-refractivity contribution is 0.880. The SMILES string of the molecule is [2H]C([2H])(N)c1ccc(C)cn1.[2H]C([2H])(N)c1ncc(C)cn1.[2H]C([2H])([2H])c1ccc(C([2H])([2H])N)cc1.[2H]C([2H])([2H])c1ccc(C([2H])([2H])N)nc1.[2H]C([2H])([2H])c1ccc(CN)nc1.[2H]C([2H])([2H])c1ccc(CN)nc1.[2H]c1c(C([2H])([2H])N)nc(C)c(C([2H])([2H])[2H])c1[2H].[2H]c1nc(C([2H])([2H])N)c([2H])c([2H])c1C.[2H]c1nc(C([2H])([2H])N)nc(C)c1C([2H])([2H])[2H].[2H]c1nc(C([2H])([2H])N)nc([2H])c1C.[2H]c1nc(CN)c([2H])c([2H])c1C([2H])([2H])[2H].[2H]c1nc(CN)nc([2H])c1C([2H])([2H])[2H]. The number of pyridine rings is 7. The van der Waals surface area contributed by atoms with Crippen LogP contribution in [0.5, 0.6) is 0 Å². The predicted molar refractivity (Wildman–Crippen MR) is 445 cm³/mol. The molecule has 588 valence electrons. The van der Waals surface area contributed by atoms with Crippen molar-refractivity contribution < 1.29 is 72.7 Å². The van der Waals surface area contributed by atoms with Gasteiger partial charge in [0.15, 0.2) is 0 Å². The average Bonchev–Trinajstić information content (AvgIpc) is 0.767. The fourth-order valence-corrected chi connectivity index (χ4v) is 5.78. The van der Waals surface area contributed by atoms with Crippen molar-refractivity contribution in [2.45, 2.75) is 175 Å². The third kappa shape index (κ3) is 46.4. The Labute approximate surface area is 726 Å². The van der Waals surface area contributed by atoms with Crippen LogP contribution in [0.2, 0.25) is 0 Å². The van der Waals surface area contributed by atoms with Crippen molar-refractivity contribution in [2.24, 2.45) is 68.8 Å². The van der Waals surface area contributed by atoms with Crippen molar-refractivity contribution in [1.82, 2.24) is 74.8 Å². The highest BCUT2D eigenvalue weighted by Gasteiger charge is 1.99. The van der Waals surface area contributed by atoms with E-state index >= 15 is 0 Å². The molecule has 11 aromatic heterocycles. The van der Waals surface area contributed by atoms with Gasteiger partial charge in [-0.05, 0) is 206 Å². The first kappa shape index (κ1) is 41.2. The first-order chi connectivity index (χ1) is 73.2. The van der Waals surface area contributed by atoms with Crippen LogP contribution in [0.1, 0.15) is 220 Å². The summed E-state index contributed by atoms with van der Waals surface area (Å²) in [5.74, 6) is -0.591. The van der Waals surface area contributed by atoms with E-state index in [1.54, 1.807) is 30.5 Å². The second-order valence-electron chi connectivity index (χ2n) is 20.0. The smallest absolute Gasteiger partial charge is 0.142 e. The van der Waals surface area contributed by atoms with Gasteiger partial charge in [0.25, 0.3) is 0 Å². The Morgan fingerprint density at radius 2 is 0.627 bits per heavy atom. The maximum atomic E-state index is 7.60. The summed E-state index contributed by atoms with van der Waals surface area (Å²) < 4.78 is 382. The van der Waals surface area contributed by atoms with E-state index in [-0.39, 0.29) is 152 Å². The highest BCUT2D eigenvalue weighted by Crippen LogP contribution is 2.06. The molecule has 0 spiro atoms. The molecule has 11 heterocycles. The number of hydrogen-bond acceptors (Lipinski definition) is 27. The van der Waals surface area contributed by atoms with Gasteiger partial charge in [-0.3, -0.25) is 34.9 Å². The van der Waals surface area contributed by atoms with Crippen LogP contribution in [0.4, 0.5) is 0 Å². The zero-order chi connectivity index (χ0) is 128. The Balaban J connectivity index is 0.000000891. The molecule has 12 rings (SSSR count). The van der Waals surface area contributed by atoms with Gasteiger partial charge < -0.3 is 68.8 Å². The molecule has 1 aromatic carbocycles. The van der Waals surface area contributed by atoms with Crippen molar-refractivity contribution in [1.29, 1.82) is 0 Å². The number of aryl methyl sites for hydroxylation is 8. The molecule has 27 heteroatoms. The fourth-order valence-electron chi connectivity index (χ4n) is 5.78. The van der Waals surface area contributed by atoms with Crippen molar-refractivity contribution in [3.8, 4) is 0 Å². The first-order valence-corrected chi connectivity index (χ1v) is 31.0. The minimum Gasteiger partial charge on any atom is -0.326 e. The summed E-state index contributed by atoms with van der Waals surface area (Å²) in [6.45, 7) is -25.5. The Hall–Kier alpha value is -10.9. The molecule has 0 radical (unpaired) electrons. The van der Waals surface area contributed by atoms with Crippen LogP contribution in [0.25, 0.3) is 0 Å². The van der Waals surface area contributed by atoms with E-state index in [1.165, 1.54) is 101 Å². The standard InChI is InChI=1S/C8H12N2.C8H11N.C7H11N3.6C7H10N2.3C6H9N3/c1-6-3-4-8(5-9)10-7(6)2;1-7-2-4-8(6-9)5-3-7;1-5-4-9-7(3-8)10-6(5)2;6*1-6-2-3-7(4-8)9-5-6;3*1-5-3-8-6(2-7)9-4-5/h3-4H,5,9H2,1-2H3;2-5H,6,9H2,1H3;4H,3,8H2,1-2H3;6*2-3,5H,4,8H2,1H3;3*3-4H,2,7H2,1H3/i1D3,3D,4D,5D2;1D3,6D2;1D3,3D2,4D;2D,3D,4D2,5D;1D3,2D,3D,5D;1D3,4D2;4D2;2*1D3;2D2,3D,4D;1D3,3D,4D;2D2. The van der Waals surface area contributed by atoms with E-state index in [2.05, 4.69) is 74.8 Å². The van der Waals surface area contributed by atoms with Crippen LogP contribution in [-0.2, 0) is 78.2 Å². The Bertz CT molecular complexity index is 6480. The Kier molecular flexibility index (Phi) is 22.2. The minimum absolute atomic E-state index is 0.00433. The fraction of sp³-hybridized carbons (Fsp3) is 0.313. The van der Waals surface area contributed by atoms with Gasteiger partial charge in [0.2, 0.25) is 0 Å². The molecule has 110 heavy (non-hydrogen) atoms. The molecule has 0 saturated heterocycles. The highest BCUT2D eigenvalue weighted by atomic mass is 14.9. The third-order valence-electron chi connectivity index (χ3n) is 11.4. The summed E-state index contributed by atoms with van der Waals surface area (Å²) in [5.41, 5.74) is 65.2. The van der Waals surface area contributed by atoms with Crippen LogP contribution in [-0.4, -0.2) is 74.8 Å². The lowest BCUT2D eigenvalue weighted by atomic mass is 10.2. The number of benzene rings is 1. The van der Waals surface area contributed by atoms with Crippen LogP contribution >= 0.6 is 0 Å². The lowest BCUT2D eigenvalue weighted by Crippen LogP contribution is -2.04. The summed E-state index contributed by atoms with van der Waals surface area (Å²) in [7, 11) is 0. The lowest BCUT2D eigenvalue weighted by Gasteiger charge is -2.00. The Morgan fingerprint density at radius 1 is 0.245 bits per heavy atom. The van der Waals surface area contributed by atoms with E-state index in [0.717, 1.165) is 17.3 Å². The maximum Gasteiger partial charge on any atom is 0.142 e. The summed E-state index contributed by atoms with van der Waals surface area (Å²) in [4.78, 5) is 55.0. The van der Waals surface area contributed by atoms with E-state index in [9.17, 15) is 0 Å². The number of aromatic nitrogens is 15. The highest BCUT2D eigenvalue weighted by molar-refractivity contribution is 5.23. The molecule has 0 atom stereocenters. The number of hydrogen-bond donors (Lipinski definition) is 12. The number of nitrogens with two attached hydrogens (primary N) is 12. The van der Waals surface area contributed by atoms with Gasteiger partial charge in [-0.15, -0.1) is 0 Å². The van der Waals surface area contributed by atoms with Crippen LogP contribution in [0.3, 0.4) is 0 Å². The van der Waals surface area contributed by atoms with Crippen LogP contribution in [0, 0.1) is 96.4 Å². The molecule has 0 aliphatic rings. The van der Waals surface area contributed by atoms with Crippen LogP contribution < -0.4 is 68.8 Å². The van der Waals surface area contributed by atoms with Gasteiger partial charge in [-0.1, -0.05) is 72.2 Å². The molecule has 24 N–H and O–H groups in total. The normalized spacial score (nSPS) is 18.6. The van der Waals surface area contributed by atoms with Gasteiger partial charge in [-0.2, -0.15) is 0 Å². The molecule has 0 unspecified atom stereocenters. The average molecular weight is 1550 g/mol. The third-order valence-corrected chi connectivity index (χ3v) is 11.4. The summed E-state index contributed by atoms with van der Waals surface area (Å²) in [6, 6.07) is 15.3. The van der Waals surface area contributed by atoms with Gasteiger partial charge >= 0.3 is 0 Å². The molecule has 0 bridgehead atoms. The van der Waals surface area contributed by atoms with Crippen molar-refractivity contribution >= 4 is 0 Å². The van der Waals surface area contributed by atoms with Crippen molar-refractivity contribution in [3.63, 3.8) is 0 Å². The summed E-state index contributed by atoms with van der Waals surface area (Å²) in [6.07, 6.45) is 6.01. The molecule has 12 aromatic rings. The van der Waals surface area contributed by atoms with Gasteiger partial charge in [-0.25, -0.2) is 39.9 Å². The second-order valence-corrected chi connectivity index (χ2v) is 20.0. The van der Waals surface area contributed by atoms with Crippen molar-refractivity contribution in [2.75, 3.05) is 0 Å². The Morgan fingerprint density at radius 3 is 1.05 bits per heavy atom. The molecule has 0 saturated carbocycles. The molecule has 0 amide bonds. The largest absolute Gasteiger partial charge is 0.326 e.